The van der Waals surface area contributed by atoms with Crippen LogP contribution in [0.4, 0.5) is 5.82 Å². The quantitative estimate of drug-likeness (QED) is 0.768. The fourth-order valence-electron chi connectivity index (χ4n) is 3.28. The Bertz CT molecular complexity index is 817. The third kappa shape index (κ3) is 4.12. The van der Waals surface area contributed by atoms with Crippen LogP contribution in [0, 0.1) is 17.2 Å². The van der Waals surface area contributed by atoms with E-state index in [4.69, 9.17) is 10.00 Å². The first-order valence-electron chi connectivity index (χ1n) is 8.92. The number of hydrogen-bond acceptors (Lipinski definition) is 4. The molecule has 1 aromatic heterocycles. The van der Waals surface area contributed by atoms with E-state index in [0.717, 1.165) is 23.5 Å². The second-order valence-electron chi connectivity index (χ2n) is 6.84. The summed E-state index contributed by atoms with van der Waals surface area (Å²) in [6, 6.07) is 11.4. The first kappa shape index (κ1) is 18.2. The van der Waals surface area contributed by atoms with Crippen LogP contribution in [0.2, 0.25) is 0 Å². The average Bonchev–Trinajstić information content (AvgIpc) is 2.96. The summed E-state index contributed by atoms with van der Waals surface area (Å²) in [5.74, 6) is 1.34. The van der Waals surface area contributed by atoms with Crippen molar-refractivity contribution in [1.82, 2.24) is 9.78 Å². The van der Waals surface area contributed by atoms with Crippen LogP contribution in [-0.2, 0) is 29.5 Å². The zero-order valence-corrected chi connectivity index (χ0v) is 15.3. The molecule has 0 spiro atoms. The number of aromatic nitrogens is 2. The summed E-state index contributed by atoms with van der Waals surface area (Å²) < 4.78 is 6.81. The Kier molecular flexibility index (Phi) is 5.69. The molecule has 1 aromatic carbocycles. The summed E-state index contributed by atoms with van der Waals surface area (Å²) in [4.78, 5) is 14.3. The van der Waals surface area contributed by atoms with E-state index < -0.39 is 0 Å². The van der Waals surface area contributed by atoms with Gasteiger partial charge in [0.2, 0.25) is 0 Å². The van der Waals surface area contributed by atoms with Crippen molar-refractivity contribution in [2.75, 3.05) is 18.6 Å². The molecule has 3 rings (SSSR count). The molecule has 1 fully saturated rings. The summed E-state index contributed by atoms with van der Waals surface area (Å²) in [6.45, 7) is 0.376. The fraction of sp³-hybridized carbons (Fsp3) is 0.450. The van der Waals surface area contributed by atoms with Crippen LogP contribution in [-0.4, -0.2) is 29.4 Å². The average molecular weight is 352 g/mol. The lowest BCUT2D eigenvalue weighted by molar-refractivity contribution is -0.122. The summed E-state index contributed by atoms with van der Waals surface area (Å²) in [5, 5.41) is 13.7. The zero-order valence-electron chi connectivity index (χ0n) is 15.3. The molecule has 0 atom stereocenters. The van der Waals surface area contributed by atoms with Gasteiger partial charge in [-0.15, -0.1) is 0 Å². The number of methoxy groups -OCH3 is 1. The number of amides is 1. The molecule has 2 aromatic rings. The highest BCUT2D eigenvalue weighted by atomic mass is 16.5. The van der Waals surface area contributed by atoms with Gasteiger partial charge in [0.15, 0.2) is 0 Å². The molecule has 0 N–H and O–H groups in total. The molecule has 0 radical (unpaired) electrons. The third-order valence-corrected chi connectivity index (χ3v) is 4.87. The number of nitrogens with zero attached hydrogens (tertiary/aromatic N) is 4. The van der Waals surface area contributed by atoms with Crippen molar-refractivity contribution in [2.45, 2.75) is 32.2 Å². The van der Waals surface area contributed by atoms with Gasteiger partial charge in [-0.1, -0.05) is 31.4 Å². The van der Waals surface area contributed by atoms with Gasteiger partial charge in [0.05, 0.1) is 23.9 Å². The molecule has 1 heterocycles. The van der Waals surface area contributed by atoms with Crippen LogP contribution >= 0.6 is 0 Å². The van der Waals surface area contributed by atoms with Gasteiger partial charge in [-0.3, -0.25) is 14.4 Å². The van der Waals surface area contributed by atoms with E-state index in [2.05, 4.69) is 11.2 Å². The van der Waals surface area contributed by atoms with Crippen LogP contribution in [0.1, 0.15) is 36.1 Å². The minimum absolute atomic E-state index is 0.00107. The maximum Gasteiger partial charge on any atom is 0.254 e. The molecular formula is C20H24N4O2. The normalized spacial score (nSPS) is 13.9. The number of ether oxygens (including phenoxy) is 1. The van der Waals surface area contributed by atoms with Gasteiger partial charge >= 0.3 is 0 Å². The Labute approximate surface area is 154 Å². The Balaban J connectivity index is 1.85. The van der Waals surface area contributed by atoms with Crippen molar-refractivity contribution in [3.8, 4) is 6.07 Å². The molecule has 6 nitrogen and oxygen atoms in total. The number of benzene rings is 1. The lowest BCUT2D eigenvalue weighted by Crippen LogP contribution is -2.34. The van der Waals surface area contributed by atoms with Crippen molar-refractivity contribution < 1.29 is 9.53 Å². The first-order valence-corrected chi connectivity index (χ1v) is 8.92. The van der Waals surface area contributed by atoms with E-state index in [1.807, 2.05) is 25.2 Å². The molecule has 0 aliphatic heterocycles. The topological polar surface area (TPSA) is 71.2 Å². The highest BCUT2D eigenvalue weighted by molar-refractivity contribution is 5.93. The number of rotatable bonds is 7. The second kappa shape index (κ2) is 8.15. The van der Waals surface area contributed by atoms with Gasteiger partial charge in [0.25, 0.3) is 5.91 Å². The highest BCUT2D eigenvalue weighted by Crippen LogP contribution is 2.30. The van der Waals surface area contributed by atoms with Gasteiger partial charge in [-0.05, 0) is 30.0 Å². The van der Waals surface area contributed by atoms with Gasteiger partial charge < -0.3 is 4.74 Å². The van der Waals surface area contributed by atoms with E-state index in [9.17, 15) is 4.79 Å². The standard InChI is InChI=1S/C20H24N4O2/c1-23-19(11-18(22-23)10-15-5-3-6-15)24(20(25)14-26-2)13-17-8-4-7-16(9-17)12-21/h4,7-9,11,15H,3,5-6,10,13-14H2,1-2H3. The maximum absolute atomic E-state index is 12.6. The van der Waals surface area contributed by atoms with Crippen molar-refractivity contribution in [3.63, 3.8) is 0 Å². The number of nitriles is 1. The monoisotopic (exact) mass is 352 g/mol. The molecule has 1 aliphatic rings. The number of anilines is 1. The predicted octanol–water partition coefficient (Wildman–Crippen LogP) is 2.81. The van der Waals surface area contributed by atoms with Crippen LogP contribution in [0.25, 0.3) is 0 Å². The predicted molar refractivity (Wildman–Crippen MR) is 98.5 cm³/mol. The Hall–Kier alpha value is -2.65. The molecule has 0 saturated heterocycles. The van der Waals surface area contributed by atoms with E-state index >= 15 is 0 Å². The minimum Gasteiger partial charge on any atom is -0.375 e. The van der Waals surface area contributed by atoms with Crippen LogP contribution in [0.3, 0.4) is 0 Å². The minimum atomic E-state index is -0.131. The number of aryl methyl sites for hydroxylation is 1. The van der Waals surface area contributed by atoms with Crippen LogP contribution in [0.5, 0.6) is 0 Å². The molecule has 1 amide bonds. The molecular weight excluding hydrogens is 328 g/mol. The van der Waals surface area contributed by atoms with Gasteiger partial charge in [-0.2, -0.15) is 10.4 Å². The summed E-state index contributed by atoms with van der Waals surface area (Å²) in [7, 11) is 3.37. The number of carbonyl (C=O) groups is 1. The van der Waals surface area contributed by atoms with Crippen molar-refractivity contribution in [1.29, 1.82) is 5.26 Å². The maximum atomic E-state index is 12.6. The Morgan fingerprint density at radius 3 is 2.88 bits per heavy atom. The van der Waals surface area contributed by atoms with Crippen molar-refractivity contribution in [2.24, 2.45) is 13.0 Å². The zero-order chi connectivity index (χ0) is 18.5. The lowest BCUT2D eigenvalue weighted by Gasteiger charge is -2.24. The van der Waals surface area contributed by atoms with Crippen LogP contribution < -0.4 is 4.90 Å². The van der Waals surface area contributed by atoms with Crippen molar-refractivity contribution >= 4 is 11.7 Å². The Morgan fingerprint density at radius 2 is 2.23 bits per heavy atom. The molecule has 0 bridgehead atoms. The lowest BCUT2D eigenvalue weighted by atomic mass is 9.82. The molecule has 0 unspecified atom stereocenters. The van der Waals surface area contributed by atoms with Crippen LogP contribution in [0.15, 0.2) is 30.3 Å². The molecule has 26 heavy (non-hydrogen) atoms. The van der Waals surface area contributed by atoms with E-state index in [-0.39, 0.29) is 12.5 Å². The van der Waals surface area contributed by atoms with E-state index in [1.54, 1.807) is 21.7 Å². The van der Waals surface area contributed by atoms with E-state index in [0.29, 0.717) is 18.0 Å². The third-order valence-electron chi connectivity index (χ3n) is 4.87. The molecule has 1 aliphatic carbocycles. The smallest absolute Gasteiger partial charge is 0.254 e. The molecule has 6 heteroatoms. The van der Waals surface area contributed by atoms with Gasteiger partial charge in [0.1, 0.15) is 12.4 Å². The highest BCUT2D eigenvalue weighted by Gasteiger charge is 2.23. The molecule has 136 valence electrons. The number of carbonyl (C=O) groups excluding carboxylic acids is 1. The van der Waals surface area contributed by atoms with E-state index in [1.165, 1.54) is 26.4 Å². The van der Waals surface area contributed by atoms with Crippen molar-refractivity contribution in [3.05, 3.63) is 47.2 Å². The SMILES string of the molecule is COCC(=O)N(Cc1cccc(C#N)c1)c1cc(CC2CCC2)nn1C. The first-order chi connectivity index (χ1) is 12.6. The summed E-state index contributed by atoms with van der Waals surface area (Å²) in [6.07, 6.45) is 4.79. The molecule has 1 saturated carbocycles. The summed E-state index contributed by atoms with van der Waals surface area (Å²) in [5.41, 5.74) is 2.50. The largest absolute Gasteiger partial charge is 0.375 e. The summed E-state index contributed by atoms with van der Waals surface area (Å²) >= 11 is 0. The number of hydrogen-bond donors (Lipinski definition) is 0. The van der Waals surface area contributed by atoms with Gasteiger partial charge in [0, 0.05) is 20.2 Å². The Morgan fingerprint density at radius 1 is 1.42 bits per heavy atom. The second-order valence-corrected chi connectivity index (χ2v) is 6.84. The fourth-order valence-corrected chi connectivity index (χ4v) is 3.28. The van der Waals surface area contributed by atoms with Gasteiger partial charge in [-0.25, -0.2) is 0 Å².